The highest BCUT2D eigenvalue weighted by Gasteiger charge is 2.46. The minimum Gasteiger partial charge on any atom is -0.465 e. The smallest absolute Gasteiger partial charge is 0.407 e. The van der Waals surface area contributed by atoms with E-state index in [4.69, 9.17) is 5.73 Å². The van der Waals surface area contributed by atoms with Crippen LogP contribution in [0.3, 0.4) is 0 Å². The summed E-state index contributed by atoms with van der Waals surface area (Å²) in [5.74, 6) is -0.729. The molecule has 0 bridgehead atoms. The van der Waals surface area contributed by atoms with Crippen LogP contribution in [0.4, 0.5) is 10.5 Å². The number of para-hydroxylation sites is 1. The number of nitrogens with one attached hydrogen (secondary N) is 1. The largest absolute Gasteiger partial charge is 0.465 e. The molecule has 0 aromatic heterocycles. The van der Waals surface area contributed by atoms with Gasteiger partial charge in [-0.25, -0.2) is 13.2 Å². The summed E-state index contributed by atoms with van der Waals surface area (Å²) in [4.78, 5) is 24.3. The molecule has 0 saturated carbocycles. The normalized spacial score (nSPS) is 16.1. The fourth-order valence-electron chi connectivity index (χ4n) is 3.82. The van der Waals surface area contributed by atoms with Crippen molar-refractivity contribution in [2.24, 2.45) is 5.73 Å². The fourth-order valence-corrected chi connectivity index (χ4v) is 5.59. The molecule has 4 N–H and O–H groups in total. The van der Waals surface area contributed by atoms with Gasteiger partial charge in [-0.05, 0) is 43.4 Å². The molecule has 8 nitrogen and oxygen atoms in total. The topological polar surface area (TPSA) is 130 Å². The zero-order valence-corrected chi connectivity index (χ0v) is 17.3. The molecule has 3 rings (SSSR count). The van der Waals surface area contributed by atoms with Crippen molar-refractivity contribution in [3.63, 3.8) is 0 Å². The predicted molar refractivity (Wildman–Crippen MR) is 114 cm³/mol. The third-order valence-electron chi connectivity index (χ3n) is 5.66. The molecule has 1 heterocycles. The Kier molecular flexibility index (Phi) is 6.31. The molecule has 1 aliphatic heterocycles. The van der Waals surface area contributed by atoms with Crippen LogP contribution < -0.4 is 10.5 Å². The van der Waals surface area contributed by atoms with Gasteiger partial charge in [0, 0.05) is 13.1 Å². The van der Waals surface area contributed by atoms with Crippen molar-refractivity contribution in [3.8, 4) is 0 Å². The van der Waals surface area contributed by atoms with Crippen LogP contribution in [0.1, 0.15) is 35.2 Å². The van der Waals surface area contributed by atoms with Gasteiger partial charge in [-0.15, -0.1) is 0 Å². The number of carbonyl (C=O) groups excluding carboxylic acids is 1. The second kappa shape index (κ2) is 8.74. The number of rotatable bonds is 7. The monoisotopic (exact) mass is 431 g/mol. The Morgan fingerprint density at radius 1 is 1.03 bits per heavy atom. The second-order valence-corrected chi connectivity index (χ2v) is 9.53. The van der Waals surface area contributed by atoms with E-state index in [-0.39, 0.29) is 37.2 Å². The van der Waals surface area contributed by atoms with E-state index in [9.17, 15) is 23.1 Å². The van der Waals surface area contributed by atoms with Crippen molar-refractivity contribution in [2.45, 2.75) is 30.4 Å². The average Bonchev–Trinajstić information content (AvgIpc) is 2.73. The molecule has 0 aliphatic carbocycles. The Balaban J connectivity index is 1.90. The van der Waals surface area contributed by atoms with E-state index in [2.05, 4.69) is 4.72 Å². The number of benzene rings is 2. The van der Waals surface area contributed by atoms with Crippen LogP contribution in [-0.4, -0.2) is 48.3 Å². The van der Waals surface area contributed by atoms with Crippen molar-refractivity contribution in [2.75, 3.05) is 17.8 Å². The minimum atomic E-state index is -3.95. The molecule has 160 valence electrons. The fraction of sp³-hybridized carbons (Fsp3) is 0.333. The molecule has 0 radical (unpaired) electrons. The average molecular weight is 432 g/mol. The maximum atomic E-state index is 13.5. The molecular weight excluding hydrogens is 406 g/mol. The lowest BCUT2D eigenvalue weighted by molar-refractivity contribution is 0.100. The summed E-state index contributed by atoms with van der Waals surface area (Å²) in [7, 11) is -3.95. The standard InChI is InChI=1S/C21H25N3O5S/c22-19(25)17-8-4-5-9-18(17)23-30(28,29)21(11-10-16-6-2-1-3-7-16)12-14-24(15-13-21)20(26)27/h1-9,23H,10-15H2,(H2,22,25)(H,26,27). The third kappa shape index (κ3) is 4.56. The number of carbonyl (C=O) groups is 2. The van der Waals surface area contributed by atoms with Gasteiger partial charge in [0.1, 0.15) is 0 Å². The van der Waals surface area contributed by atoms with Crippen molar-refractivity contribution >= 4 is 27.7 Å². The molecular formula is C21H25N3O5S. The van der Waals surface area contributed by atoms with Crippen molar-refractivity contribution < 1.29 is 23.1 Å². The van der Waals surface area contributed by atoms with Gasteiger partial charge < -0.3 is 15.7 Å². The van der Waals surface area contributed by atoms with Crippen LogP contribution in [0.5, 0.6) is 0 Å². The van der Waals surface area contributed by atoms with Crippen LogP contribution in [0.15, 0.2) is 54.6 Å². The van der Waals surface area contributed by atoms with Crippen molar-refractivity contribution in [1.29, 1.82) is 0 Å². The SMILES string of the molecule is NC(=O)c1ccccc1NS(=O)(=O)C1(CCc2ccccc2)CCN(C(=O)O)CC1. The maximum absolute atomic E-state index is 13.5. The van der Waals surface area contributed by atoms with Crippen LogP contribution in [0.2, 0.25) is 0 Å². The second-order valence-electron chi connectivity index (χ2n) is 7.45. The van der Waals surface area contributed by atoms with E-state index in [1.54, 1.807) is 12.1 Å². The highest BCUT2D eigenvalue weighted by atomic mass is 32.2. The van der Waals surface area contributed by atoms with Gasteiger partial charge >= 0.3 is 6.09 Å². The lowest BCUT2D eigenvalue weighted by atomic mass is 9.89. The Morgan fingerprint density at radius 2 is 1.63 bits per heavy atom. The summed E-state index contributed by atoms with van der Waals surface area (Å²) in [5, 5.41) is 9.26. The number of amides is 2. The van der Waals surface area contributed by atoms with Gasteiger partial charge in [0.05, 0.1) is 16.0 Å². The zero-order chi connectivity index (χ0) is 21.8. The quantitative estimate of drug-likeness (QED) is 0.620. The zero-order valence-electron chi connectivity index (χ0n) is 16.5. The van der Waals surface area contributed by atoms with E-state index < -0.39 is 26.8 Å². The number of likely N-dealkylation sites (tertiary alicyclic amines) is 1. The minimum absolute atomic E-state index is 0.0854. The molecule has 30 heavy (non-hydrogen) atoms. The molecule has 9 heteroatoms. The first-order valence-electron chi connectivity index (χ1n) is 9.67. The summed E-state index contributed by atoms with van der Waals surface area (Å²) in [6.07, 6.45) is 0.140. The van der Waals surface area contributed by atoms with Gasteiger partial charge in [-0.2, -0.15) is 0 Å². The first kappa shape index (κ1) is 21.6. The van der Waals surface area contributed by atoms with E-state index in [0.717, 1.165) is 5.56 Å². The van der Waals surface area contributed by atoms with Crippen molar-refractivity contribution in [1.82, 2.24) is 4.90 Å². The van der Waals surface area contributed by atoms with Crippen LogP contribution in [-0.2, 0) is 16.4 Å². The van der Waals surface area contributed by atoms with Crippen LogP contribution in [0, 0.1) is 0 Å². The molecule has 0 spiro atoms. The summed E-state index contributed by atoms with van der Waals surface area (Å²) in [6, 6.07) is 15.7. The Bertz CT molecular complexity index is 1020. The van der Waals surface area contributed by atoms with Crippen molar-refractivity contribution in [3.05, 3.63) is 65.7 Å². The molecule has 2 aromatic rings. The molecule has 1 aliphatic rings. The number of anilines is 1. The van der Waals surface area contributed by atoms with Gasteiger partial charge in [-0.1, -0.05) is 42.5 Å². The molecule has 0 unspecified atom stereocenters. The van der Waals surface area contributed by atoms with Crippen LogP contribution >= 0.6 is 0 Å². The Morgan fingerprint density at radius 3 is 2.23 bits per heavy atom. The third-order valence-corrected chi connectivity index (χ3v) is 7.91. The summed E-state index contributed by atoms with van der Waals surface area (Å²) < 4.78 is 28.4. The number of hydrogen-bond donors (Lipinski definition) is 3. The summed E-state index contributed by atoms with van der Waals surface area (Å²) in [5.41, 5.74) is 6.61. The predicted octanol–water partition coefficient (Wildman–Crippen LogP) is 2.67. The number of primary amides is 1. The van der Waals surface area contributed by atoms with Gasteiger partial charge in [0.15, 0.2) is 0 Å². The van der Waals surface area contributed by atoms with E-state index >= 15 is 0 Å². The number of piperidine rings is 1. The molecule has 2 aromatic carbocycles. The van der Waals surface area contributed by atoms with Crippen LogP contribution in [0.25, 0.3) is 0 Å². The van der Waals surface area contributed by atoms with Gasteiger partial charge in [-0.3, -0.25) is 9.52 Å². The highest BCUT2D eigenvalue weighted by Crippen LogP contribution is 2.37. The molecule has 1 saturated heterocycles. The van der Waals surface area contributed by atoms with E-state index in [1.807, 2.05) is 30.3 Å². The number of nitrogens with zero attached hydrogens (tertiary/aromatic N) is 1. The maximum Gasteiger partial charge on any atom is 0.407 e. The Labute approximate surface area is 175 Å². The summed E-state index contributed by atoms with van der Waals surface area (Å²) >= 11 is 0. The number of carboxylic acid groups (broad SMARTS) is 1. The molecule has 2 amide bonds. The molecule has 0 atom stereocenters. The number of nitrogens with two attached hydrogens (primary N) is 1. The highest BCUT2D eigenvalue weighted by molar-refractivity contribution is 7.94. The lowest BCUT2D eigenvalue weighted by Gasteiger charge is -2.40. The number of sulfonamides is 1. The Hall–Kier alpha value is -3.07. The summed E-state index contributed by atoms with van der Waals surface area (Å²) in [6.45, 7) is 0.255. The molecule has 1 fully saturated rings. The van der Waals surface area contributed by atoms with Gasteiger partial charge in [0.2, 0.25) is 10.0 Å². The van der Waals surface area contributed by atoms with E-state index in [1.165, 1.54) is 17.0 Å². The number of aryl methyl sites for hydroxylation is 1. The van der Waals surface area contributed by atoms with Gasteiger partial charge in [0.25, 0.3) is 5.91 Å². The lowest BCUT2D eigenvalue weighted by Crippen LogP contribution is -2.52. The van der Waals surface area contributed by atoms with E-state index in [0.29, 0.717) is 12.8 Å². The first-order chi connectivity index (χ1) is 14.2. The number of hydrogen-bond acceptors (Lipinski definition) is 4. The first-order valence-corrected chi connectivity index (χ1v) is 11.2.